The highest BCUT2D eigenvalue weighted by Crippen LogP contribution is 2.23. The van der Waals surface area contributed by atoms with Gasteiger partial charge in [-0.25, -0.2) is 4.79 Å². The van der Waals surface area contributed by atoms with Crippen LogP contribution in [0.4, 0.5) is 5.69 Å². The van der Waals surface area contributed by atoms with Crippen LogP contribution in [0.3, 0.4) is 0 Å². The summed E-state index contributed by atoms with van der Waals surface area (Å²) in [5.74, 6) is -0.960. The van der Waals surface area contributed by atoms with Gasteiger partial charge in [-0.2, -0.15) is 0 Å². The number of likely N-dealkylation sites (N-methyl/N-ethyl adjacent to an activating group) is 1. The highest BCUT2D eigenvalue weighted by molar-refractivity contribution is 5.94. The van der Waals surface area contributed by atoms with Crippen molar-refractivity contribution in [1.29, 1.82) is 0 Å². The van der Waals surface area contributed by atoms with E-state index in [9.17, 15) is 14.7 Å². The molecule has 7 heteroatoms. The molecule has 0 aliphatic heterocycles. The summed E-state index contributed by atoms with van der Waals surface area (Å²) < 4.78 is 10.0. The Bertz CT molecular complexity index is 803. The normalized spacial score (nSPS) is 10.2. The van der Waals surface area contributed by atoms with Crippen molar-refractivity contribution < 1.29 is 24.2 Å². The minimum atomic E-state index is -0.788. The van der Waals surface area contributed by atoms with E-state index in [1.54, 1.807) is 7.05 Å². The lowest BCUT2D eigenvalue weighted by Crippen LogP contribution is -2.30. The van der Waals surface area contributed by atoms with E-state index in [0.29, 0.717) is 12.3 Å². The number of aromatic hydroxyl groups is 1. The molecule has 0 saturated heterocycles. The summed E-state index contributed by atoms with van der Waals surface area (Å²) in [6.45, 7) is -0.0176. The molecule has 0 aliphatic rings. The molecule has 27 heavy (non-hydrogen) atoms. The summed E-state index contributed by atoms with van der Waals surface area (Å²) in [5.41, 5.74) is 1.98. The molecular weight excluding hydrogens is 348 g/mol. The van der Waals surface area contributed by atoms with Crippen molar-refractivity contribution in [3.63, 3.8) is 0 Å². The van der Waals surface area contributed by atoms with Crippen LogP contribution in [0, 0.1) is 0 Å². The number of hydrogen-bond donors (Lipinski definition) is 1. The summed E-state index contributed by atoms with van der Waals surface area (Å²) in [7, 11) is 7.00. The van der Waals surface area contributed by atoms with Crippen molar-refractivity contribution in [3.8, 4) is 11.5 Å². The van der Waals surface area contributed by atoms with Gasteiger partial charge in [-0.05, 0) is 35.9 Å². The first-order valence-corrected chi connectivity index (χ1v) is 8.36. The molecule has 0 heterocycles. The average molecular weight is 372 g/mol. The van der Waals surface area contributed by atoms with Gasteiger partial charge in [0.15, 0.2) is 6.61 Å². The Morgan fingerprint density at radius 3 is 2.30 bits per heavy atom. The molecule has 0 spiro atoms. The van der Waals surface area contributed by atoms with Gasteiger partial charge < -0.3 is 24.4 Å². The number of phenolic OH excluding ortho intramolecular Hbond substituents is 1. The number of nitrogens with zero attached hydrogens (tertiary/aromatic N) is 2. The number of carbonyl (C=O) groups is 2. The molecule has 0 aliphatic carbocycles. The van der Waals surface area contributed by atoms with Crippen LogP contribution in [0.1, 0.15) is 15.9 Å². The number of benzene rings is 2. The maximum absolute atomic E-state index is 12.2. The first-order chi connectivity index (χ1) is 12.8. The molecule has 0 saturated carbocycles. The van der Waals surface area contributed by atoms with Crippen LogP contribution in [-0.4, -0.2) is 56.7 Å². The van der Waals surface area contributed by atoms with Crippen molar-refractivity contribution in [3.05, 3.63) is 53.6 Å². The van der Waals surface area contributed by atoms with Gasteiger partial charge in [0, 0.05) is 33.4 Å². The fourth-order valence-corrected chi connectivity index (χ4v) is 2.38. The van der Waals surface area contributed by atoms with Crippen LogP contribution in [0.25, 0.3) is 0 Å². The number of amides is 1. The Balaban J connectivity index is 1.91. The Kier molecular flexibility index (Phi) is 6.65. The molecule has 2 aromatic rings. The quantitative estimate of drug-likeness (QED) is 0.751. The standard InChI is InChI=1S/C20H24N2O5/c1-21(2)15-7-5-14(6-8-15)12-22(3)19(24)13-27-20(25)17-11-16(26-4)9-10-18(17)23/h5-11,23H,12-13H2,1-4H3. The molecule has 7 nitrogen and oxygen atoms in total. The van der Waals surface area contributed by atoms with E-state index >= 15 is 0 Å². The second-order valence-electron chi connectivity index (χ2n) is 6.27. The lowest BCUT2D eigenvalue weighted by Gasteiger charge is -2.18. The number of hydrogen-bond acceptors (Lipinski definition) is 6. The van der Waals surface area contributed by atoms with Crippen LogP contribution in [0.15, 0.2) is 42.5 Å². The smallest absolute Gasteiger partial charge is 0.342 e. The molecule has 0 atom stereocenters. The van der Waals surface area contributed by atoms with Crippen LogP contribution in [0.2, 0.25) is 0 Å². The molecule has 0 radical (unpaired) electrons. The zero-order valence-corrected chi connectivity index (χ0v) is 15.9. The summed E-state index contributed by atoms with van der Waals surface area (Å²) in [6, 6.07) is 12.0. The first-order valence-electron chi connectivity index (χ1n) is 8.36. The monoisotopic (exact) mass is 372 g/mol. The molecule has 0 bridgehead atoms. The molecule has 144 valence electrons. The Morgan fingerprint density at radius 2 is 1.70 bits per heavy atom. The molecule has 0 unspecified atom stereocenters. The van der Waals surface area contributed by atoms with Crippen LogP contribution >= 0.6 is 0 Å². The number of methoxy groups -OCH3 is 1. The predicted octanol–water partition coefficient (Wildman–Crippen LogP) is 2.28. The number of rotatable bonds is 7. The Hall–Kier alpha value is -3.22. The van der Waals surface area contributed by atoms with Gasteiger partial charge in [0.25, 0.3) is 5.91 Å². The lowest BCUT2D eigenvalue weighted by molar-refractivity contribution is -0.133. The van der Waals surface area contributed by atoms with E-state index in [-0.39, 0.29) is 17.2 Å². The Labute approximate surface area is 158 Å². The third-order valence-electron chi connectivity index (χ3n) is 4.05. The first kappa shape index (κ1) is 20.1. The summed E-state index contributed by atoms with van der Waals surface area (Å²) in [5, 5.41) is 9.78. The summed E-state index contributed by atoms with van der Waals surface area (Å²) >= 11 is 0. The molecule has 1 amide bonds. The number of phenols is 1. The third-order valence-corrected chi connectivity index (χ3v) is 4.05. The van der Waals surface area contributed by atoms with Gasteiger partial charge >= 0.3 is 5.97 Å². The SMILES string of the molecule is COc1ccc(O)c(C(=O)OCC(=O)N(C)Cc2ccc(N(C)C)cc2)c1. The van der Waals surface area contributed by atoms with E-state index in [0.717, 1.165) is 11.3 Å². The lowest BCUT2D eigenvalue weighted by atomic mass is 10.2. The van der Waals surface area contributed by atoms with E-state index in [1.807, 2.05) is 43.3 Å². The molecule has 1 N–H and O–H groups in total. The van der Waals surface area contributed by atoms with Gasteiger partial charge in [0.05, 0.1) is 7.11 Å². The van der Waals surface area contributed by atoms with Crippen LogP contribution < -0.4 is 9.64 Å². The van der Waals surface area contributed by atoms with Crippen molar-refractivity contribution >= 4 is 17.6 Å². The van der Waals surface area contributed by atoms with Gasteiger partial charge in [-0.1, -0.05) is 12.1 Å². The largest absolute Gasteiger partial charge is 0.507 e. The van der Waals surface area contributed by atoms with Gasteiger partial charge in [-0.3, -0.25) is 4.79 Å². The van der Waals surface area contributed by atoms with E-state index in [4.69, 9.17) is 9.47 Å². The second kappa shape index (κ2) is 8.93. The zero-order chi connectivity index (χ0) is 20.0. The highest BCUT2D eigenvalue weighted by atomic mass is 16.5. The highest BCUT2D eigenvalue weighted by Gasteiger charge is 2.17. The second-order valence-corrected chi connectivity index (χ2v) is 6.27. The van der Waals surface area contributed by atoms with Gasteiger partial charge in [-0.15, -0.1) is 0 Å². The predicted molar refractivity (Wildman–Crippen MR) is 102 cm³/mol. The van der Waals surface area contributed by atoms with Crippen LogP contribution in [-0.2, 0) is 16.1 Å². The van der Waals surface area contributed by atoms with E-state index in [1.165, 1.54) is 30.2 Å². The Morgan fingerprint density at radius 1 is 1.04 bits per heavy atom. The van der Waals surface area contributed by atoms with Crippen molar-refractivity contribution in [2.24, 2.45) is 0 Å². The summed E-state index contributed by atoms with van der Waals surface area (Å²) in [6.07, 6.45) is 0. The van der Waals surface area contributed by atoms with Crippen LogP contribution in [0.5, 0.6) is 11.5 Å². The molecular formula is C20H24N2O5. The van der Waals surface area contributed by atoms with E-state index < -0.39 is 12.6 Å². The molecule has 2 aromatic carbocycles. The van der Waals surface area contributed by atoms with Gasteiger partial charge in [0.1, 0.15) is 17.1 Å². The minimum absolute atomic E-state index is 0.0518. The topological polar surface area (TPSA) is 79.3 Å². The summed E-state index contributed by atoms with van der Waals surface area (Å²) in [4.78, 5) is 27.8. The maximum atomic E-state index is 12.2. The minimum Gasteiger partial charge on any atom is -0.507 e. The van der Waals surface area contributed by atoms with Crippen molar-refractivity contribution in [2.45, 2.75) is 6.54 Å². The molecule has 0 fully saturated rings. The van der Waals surface area contributed by atoms with E-state index in [2.05, 4.69) is 0 Å². The maximum Gasteiger partial charge on any atom is 0.342 e. The average Bonchev–Trinajstić information content (AvgIpc) is 2.66. The van der Waals surface area contributed by atoms with Crippen molar-refractivity contribution in [2.75, 3.05) is 39.8 Å². The number of ether oxygens (including phenoxy) is 2. The fraction of sp³-hybridized carbons (Fsp3) is 0.300. The number of esters is 1. The fourth-order valence-electron chi connectivity index (χ4n) is 2.38. The van der Waals surface area contributed by atoms with Gasteiger partial charge in [0.2, 0.25) is 0 Å². The third kappa shape index (κ3) is 5.37. The van der Waals surface area contributed by atoms with Crippen molar-refractivity contribution in [1.82, 2.24) is 4.90 Å². The number of anilines is 1. The number of carbonyl (C=O) groups excluding carboxylic acids is 2. The zero-order valence-electron chi connectivity index (χ0n) is 15.9. The molecule has 0 aromatic heterocycles. The molecule has 2 rings (SSSR count).